The summed E-state index contributed by atoms with van der Waals surface area (Å²) in [5, 5.41) is 25.6. The van der Waals surface area contributed by atoms with Gasteiger partial charge in [-0.1, -0.05) is 6.42 Å². The van der Waals surface area contributed by atoms with E-state index in [0.29, 0.717) is 17.8 Å². The Balaban J connectivity index is 1.44. The molecule has 1 saturated carbocycles. The van der Waals surface area contributed by atoms with Gasteiger partial charge in [0.25, 0.3) is 0 Å². The van der Waals surface area contributed by atoms with Gasteiger partial charge in [-0.3, -0.25) is 0 Å². The smallest absolute Gasteiger partial charge is 0.148 e. The number of phenolic OH excluding ortho intramolecular Hbond substituents is 1. The number of hydrogen-bond acceptors (Lipinski definition) is 5. The second-order valence-electron chi connectivity index (χ2n) is 7.30. The molecule has 1 atom stereocenters. The van der Waals surface area contributed by atoms with Gasteiger partial charge >= 0.3 is 0 Å². The number of anilines is 1. The standard InChI is InChI=1S/C20H26N4O/c25-18-12-14(4-5-16-3-1-2-10-21-16)11-15(13-18)19-8-9-20(24-23-19)22-17-6-7-17/h8-9,11-13,16-17,21,25H,1-7,10H2,(H,22,24)/t16-/m1/s1. The molecule has 2 heterocycles. The molecule has 2 aromatic rings. The van der Waals surface area contributed by atoms with Crippen molar-refractivity contribution in [2.75, 3.05) is 11.9 Å². The molecule has 1 aliphatic heterocycles. The fourth-order valence-electron chi connectivity index (χ4n) is 3.48. The number of benzene rings is 1. The van der Waals surface area contributed by atoms with Crippen molar-refractivity contribution in [3.05, 3.63) is 35.9 Å². The minimum Gasteiger partial charge on any atom is -0.508 e. The van der Waals surface area contributed by atoms with E-state index in [1.54, 1.807) is 6.07 Å². The highest BCUT2D eigenvalue weighted by molar-refractivity contribution is 5.63. The molecule has 3 N–H and O–H groups in total. The molecule has 5 heteroatoms. The Labute approximate surface area is 148 Å². The lowest BCUT2D eigenvalue weighted by atomic mass is 9.96. The summed E-state index contributed by atoms with van der Waals surface area (Å²) < 4.78 is 0. The second kappa shape index (κ2) is 7.40. The van der Waals surface area contributed by atoms with E-state index < -0.39 is 0 Å². The van der Waals surface area contributed by atoms with E-state index in [2.05, 4.69) is 26.9 Å². The second-order valence-corrected chi connectivity index (χ2v) is 7.30. The first-order chi connectivity index (χ1) is 12.3. The number of aryl methyl sites for hydroxylation is 1. The van der Waals surface area contributed by atoms with E-state index >= 15 is 0 Å². The maximum atomic E-state index is 10.1. The van der Waals surface area contributed by atoms with Crippen LogP contribution >= 0.6 is 0 Å². The first-order valence-corrected chi connectivity index (χ1v) is 9.43. The van der Waals surface area contributed by atoms with Crippen LogP contribution in [-0.2, 0) is 6.42 Å². The van der Waals surface area contributed by atoms with Gasteiger partial charge in [0.1, 0.15) is 11.6 Å². The maximum Gasteiger partial charge on any atom is 0.148 e. The van der Waals surface area contributed by atoms with Crippen LogP contribution in [0.4, 0.5) is 5.82 Å². The van der Waals surface area contributed by atoms with E-state index in [0.717, 1.165) is 42.0 Å². The zero-order valence-corrected chi connectivity index (χ0v) is 14.5. The van der Waals surface area contributed by atoms with Crippen molar-refractivity contribution in [2.24, 2.45) is 0 Å². The third-order valence-corrected chi connectivity index (χ3v) is 5.06. The third kappa shape index (κ3) is 4.48. The van der Waals surface area contributed by atoms with Crippen molar-refractivity contribution in [1.82, 2.24) is 15.5 Å². The number of rotatable bonds is 6. The average Bonchev–Trinajstić information content (AvgIpc) is 3.45. The predicted molar refractivity (Wildman–Crippen MR) is 99.7 cm³/mol. The molecular weight excluding hydrogens is 312 g/mol. The molecule has 5 nitrogen and oxygen atoms in total. The number of piperidine rings is 1. The van der Waals surface area contributed by atoms with Crippen molar-refractivity contribution >= 4 is 5.82 Å². The first kappa shape index (κ1) is 16.3. The highest BCUT2D eigenvalue weighted by Gasteiger charge is 2.21. The molecule has 4 rings (SSSR count). The molecule has 2 aliphatic rings. The Hall–Kier alpha value is -2.14. The molecule has 25 heavy (non-hydrogen) atoms. The summed E-state index contributed by atoms with van der Waals surface area (Å²) in [6.07, 6.45) is 8.38. The first-order valence-electron chi connectivity index (χ1n) is 9.43. The Morgan fingerprint density at radius 2 is 2.00 bits per heavy atom. The van der Waals surface area contributed by atoms with Gasteiger partial charge in [0.2, 0.25) is 0 Å². The lowest BCUT2D eigenvalue weighted by molar-refractivity contribution is 0.382. The number of aromatic hydroxyl groups is 1. The van der Waals surface area contributed by atoms with Crippen LogP contribution in [0.5, 0.6) is 5.75 Å². The SMILES string of the molecule is Oc1cc(CC[C@H]2CCCCN2)cc(-c2ccc(NC3CC3)nn2)c1. The van der Waals surface area contributed by atoms with Gasteiger partial charge in [-0.05, 0) is 81.0 Å². The number of aromatic nitrogens is 2. The van der Waals surface area contributed by atoms with Crippen LogP contribution < -0.4 is 10.6 Å². The lowest BCUT2D eigenvalue weighted by Gasteiger charge is -2.23. The monoisotopic (exact) mass is 338 g/mol. The van der Waals surface area contributed by atoms with Crippen LogP contribution in [-0.4, -0.2) is 33.9 Å². The molecule has 0 spiro atoms. The zero-order chi connectivity index (χ0) is 17.1. The molecule has 0 unspecified atom stereocenters. The van der Waals surface area contributed by atoms with Gasteiger partial charge in [-0.2, -0.15) is 0 Å². The molecule has 1 saturated heterocycles. The zero-order valence-electron chi connectivity index (χ0n) is 14.5. The molecule has 1 aromatic carbocycles. The van der Waals surface area contributed by atoms with Crippen molar-refractivity contribution in [3.63, 3.8) is 0 Å². The van der Waals surface area contributed by atoms with Crippen LogP contribution in [0.2, 0.25) is 0 Å². The summed E-state index contributed by atoms with van der Waals surface area (Å²) in [4.78, 5) is 0. The summed E-state index contributed by atoms with van der Waals surface area (Å²) in [6.45, 7) is 1.13. The van der Waals surface area contributed by atoms with Crippen molar-refractivity contribution in [2.45, 2.75) is 57.0 Å². The van der Waals surface area contributed by atoms with Crippen LogP contribution in [0.3, 0.4) is 0 Å². The van der Waals surface area contributed by atoms with Crippen LogP contribution in [0.1, 0.15) is 44.1 Å². The molecule has 132 valence electrons. The Bertz CT molecular complexity index is 706. The quantitative estimate of drug-likeness (QED) is 0.752. The van der Waals surface area contributed by atoms with E-state index in [1.165, 1.54) is 32.1 Å². The van der Waals surface area contributed by atoms with E-state index in [9.17, 15) is 5.11 Å². The van der Waals surface area contributed by atoms with Crippen LogP contribution in [0, 0.1) is 0 Å². The Morgan fingerprint density at radius 1 is 1.08 bits per heavy atom. The maximum absolute atomic E-state index is 10.1. The van der Waals surface area contributed by atoms with Crippen molar-refractivity contribution in [3.8, 4) is 17.0 Å². The van der Waals surface area contributed by atoms with Gasteiger partial charge in [-0.25, -0.2) is 0 Å². The molecule has 0 radical (unpaired) electrons. The fourth-order valence-corrected chi connectivity index (χ4v) is 3.48. The molecule has 1 aromatic heterocycles. The molecule has 1 aliphatic carbocycles. The molecule has 0 bridgehead atoms. The van der Waals surface area contributed by atoms with E-state index in [1.807, 2.05) is 18.2 Å². The van der Waals surface area contributed by atoms with Gasteiger partial charge < -0.3 is 15.7 Å². The summed E-state index contributed by atoms with van der Waals surface area (Å²) >= 11 is 0. The lowest BCUT2D eigenvalue weighted by Crippen LogP contribution is -2.34. The van der Waals surface area contributed by atoms with E-state index in [4.69, 9.17) is 0 Å². The van der Waals surface area contributed by atoms with Crippen molar-refractivity contribution in [1.29, 1.82) is 0 Å². The van der Waals surface area contributed by atoms with Gasteiger partial charge in [0, 0.05) is 17.6 Å². The number of hydrogen-bond donors (Lipinski definition) is 3. The average molecular weight is 338 g/mol. The minimum absolute atomic E-state index is 0.297. The topological polar surface area (TPSA) is 70.1 Å². The predicted octanol–water partition coefficient (Wildman–Crippen LogP) is 3.50. The Kier molecular flexibility index (Phi) is 4.83. The van der Waals surface area contributed by atoms with Crippen LogP contribution in [0.15, 0.2) is 30.3 Å². The molecular formula is C20H26N4O. The van der Waals surface area contributed by atoms with Gasteiger partial charge in [-0.15, -0.1) is 10.2 Å². The van der Waals surface area contributed by atoms with E-state index in [-0.39, 0.29) is 0 Å². The summed E-state index contributed by atoms with van der Waals surface area (Å²) in [5.41, 5.74) is 2.88. The minimum atomic E-state index is 0.297. The highest BCUT2D eigenvalue weighted by Crippen LogP contribution is 2.27. The summed E-state index contributed by atoms with van der Waals surface area (Å²) in [7, 11) is 0. The van der Waals surface area contributed by atoms with Gasteiger partial charge in [0.15, 0.2) is 0 Å². The van der Waals surface area contributed by atoms with Gasteiger partial charge in [0.05, 0.1) is 5.69 Å². The third-order valence-electron chi connectivity index (χ3n) is 5.06. The number of phenols is 1. The Morgan fingerprint density at radius 3 is 2.72 bits per heavy atom. The fraction of sp³-hybridized carbons (Fsp3) is 0.500. The number of nitrogens with zero attached hydrogens (tertiary/aromatic N) is 2. The largest absolute Gasteiger partial charge is 0.508 e. The summed E-state index contributed by atoms with van der Waals surface area (Å²) in [5.74, 6) is 1.13. The number of nitrogens with one attached hydrogen (secondary N) is 2. The highest BCUT2D eigenvalue weighted by atomic mass is 16.3. The molecule has 2 fully saturated rings. The van der Waals surface area contributed by atoms with Crippen LogP contribution in [0.25, 0.3) is 11.3 Å². The molecule has 0 amide bonds. The van der Waals surface area contributed by atoms with Crippen molar-refractivity contribution < 1.29 is 5.11 Å². The summed E-state index contributed by atoms with van der Waals surface area (Å²) in [6, 6.07) is 10.9. The normalized spacial score (nSPS) is 20.4.